The van der Waals surface area contributed by atoms with Crippen molar-refractivity contribution in [2.75, 3.05) is 33.1 Å². The normalized spacial score (nSPS) is 16.8. The molecule has 0 spiro atoms. The van der Waals surface area contributed by atoms with Gasteiger partial charge in [0.05, 0.1) is 18.2 Å². The van der Waals surface area contributed by atoms with Gasteiger partial charge in [-0.25, -0.2) is 9.59 Å². The molecule has 1 atom stereocenters. The Morgan fingerprint density at radius 3 is 2.43 bits per heavy atom. The molecule has 1 aromatic carbocycles. The summed E-state index contributed by atoms with van der Waals surface area (Å²) in [5.41, 5.74) is 2.81. The fraction of sp³-hybridized carbons (Fsp3) is 0.450. The average molecular weight is 405 g/mol. The second-order valence-corrected chi connectivity index (χ2v) is 7.77. The van der Waals surface area contributed by atoms with Crippen LogP contribution in [0.1, 0.15) is 32.4 Å². The van der Waals surface area contributed by atoms with Gasteiger partial charge < -0.3 is 25.2 Å². The largest absolute Gasteiger partial charge is 0.462 e. The lowest BCUT2D eigenvalue weighted by atomic mass is 9.95. The topological polar surface area (TPSA) is 73.9 Å². The summed E-state index contributed by atoms with van der Waals surface area (Å²) < 4.78 is 5.48. The van der Waals surface area contributed by atoms with Crippen LogP contribution in [0.25, 0.3) is 0 Å². The van der Waals surface area contributed by atoms with Crippen molar-refractivity contribution in [3.63, 3.8) is 0 Å². The number of rotatable bonds is 5. The summed E-state index contributed by atoms with van der Waals surface area (Å²) in [7, 11) is 5.17. The van der Waals surface area contributed by atoms with Crippen LogP contribution in [-0.2, 0) is 9.53 Å². The van der Waals surface area contributed by atoms with Crippen LogP contribution in [0.15, 0.2) is 35.5 Å². The number of amides is 2. The highest BCUT2D eigenvalue weighted by atomic mass is 32.1. The Morgan fingerprint density at radius 2 is 1.89 bits per heavy atom. The number of ether oxygens (including phenoxy) is 1. The number of benzene rings is 1. The summed E-state index contributed by atoms with van der Waals surface area (Å²) in [5, 5.41) is 6.54. The van der Waals surface area contributed by atoms with Crippen LogP contribution in [0.5, 0.6) is 0 Å². The first kappa shape index (κ1) is 21.7. The summed E-state index contributed by atoms with van der Waals surface area (Å²) in [5.74, 6) is -0.110. The van der Waals surface area contributed by atoms with Gasteiger partial charge in [0.1, 0.15) is 0 Å². The first-order chi connectivity index (χ1) is 13.1. The molecule has 2 amide bonds. The number of carbonyl (C=O) groups excluding carboxylic acids is 2. The molecular formula is C20H28N4O3S. The van der Waals surface area contributed by atoms with Crippen LogP contribution < -0.4 is 10.6 Å². The third-order valence-corrected chi connectivity index (χ3v) is 4.81. The lowest BCUT2D eigenvalue weighted by Gasteiger charge is -2.35. The van der Waals surface area contributed by atoms with E-state index in [9.17, 15) is 9.59 Å². The van der Waals surface area contributed by atoms with Crippen molar-refractivity contribution < 1.29 is 14.3 Å². The van der Waals surface area contributed by atoms with Gasteiger partial charge >= 0.3 is 12.0 Å². The maximum atomic E-state index is 12.8. The Hall–Kier alpha value is -2.61. The van der Waals surface area contributed by atoms with Gasteiger partial charge in [-0.15, -0.1) is 0 Å². The number of anilines is 1. The van der Waals surface area contributed by atoms with Gasteiger partial charge in [0.15, 0.2) is 5.11 Å². The minimum Gasteiger partial charge on any atom is -0.462 e. The molecule has 0 radical (unpaired) electrons. The van der Waals surface area contributed by atoms with Crippen molar-refractivity contribution in [2.45, 2.75) is 26.8 Å². The number of esters is 1. The van der Waals surface area contributed by atoms with E-state index in [-0.39, 0.29) is 17.9 Å². The fourth-order valence-electron chi connectivity index (χ4n) is 2.66. The molecular weight excluding hydrogens is 376 g/mol. The Bertz CT molecular complexity index is 787. The first-order valence-corrected chi connectivity index (χ1v) is 9.53. The predicted octanol–water partition coefficient (Wildman–Crippen LogP) is 3.11. The van der Waals surface area contributed by atoms with Gasteiger partial charge in [0, 0.05) is 32.5 Å². The van der Waals surface area contributed by atoms with E-state index in [0.29, 0.717) is 23.0 Å². The molecule has 8 heteroatoms. The van der Waals surface area contributed by atoms with Gasteiger partial charge in [-0.3, -0.25) is 0 Å². The molecule has 152 valence electrons. The van der Waals surface area contributed by atoms with E-state index in [1.165, 1.54) is 4.90 Å². The molecule has 0 unspecified atom stereocenters. The standard InChI is InChI=1S/C20H28N4O3S/c1-12(2)11-27-18(25)16-13(3)24(6)20(28)22-17(16)14-7-9-15(10-8-14)21-19(26)23(4)5/h7-10,12,17H,11H2,1-6H3,(H,21,26)(H,22,28)/t17-/m1/s1. The van der Waals surface area contributed by atoms with Crippen LogP contribution >= 0.6 is 12.2 Å². The smallest absolute Gasteiger partial charge is 0.338 e. The van der Waals surface area contributed by atoms with E-state index in [4.69, 9.17) is 17.0 Å². The second kappa shape index (κ2) is 9.05. The molecule has 28 heavy (non-hydrogen) atoms. The van der Waals surface area contributed by atoms with E-state index in [2.05, 4.69) is 10.6 Å². The van der Waals surface area contributed by atoms with Crippen LogP contribution in [0.2, 0.25) is 0 Å². The molecule has 1 aromatic rings. The van der Waals surface area contributed by atoms with Crippen LogP contribution in [0, 0.1) is 5.92 Å². The molecule has 7 nitrogen and oxygen atoms in total. The van der Waals surface area contributed by atoms with Crippen LogP contribution in [0.4, 0.5) is 10.5 Å². The van der Waals surface area contributed by atoms with Gasteiger partial charge in [0.25, 0.3) is 0 Å². The number of allylic oxidation sites excluding steroid dienone is 1. The van der Waals surface area contributed by atoms with E-state index in [1.807, 2.05) is 40.0 Å². The van der Waals surface area contributed by atoms with Crippen molar-refractivity contribution >= 4 is 35.0 Å². The van der Waals surface area contributed by atoms with E-state index >= 15 is 0 Å². The number of hydrogen-bond acceptors (Lipinski definition) is 4. The monoisotopic (exact) mass is 404 g/mol. The summed E-state index contributed by atoms with van der Waals surface area (Å²) in [6, 6.07) is 6.69. The average Bonchev–Trinajstić information content (AvgIpc) is 2.64. The highest BCUT2D eigenvalue weighted by molar-refractivity contribution is 7.80. The van der Waals surface area contributed by atoms with Crippen LogP contribution in [-0.4, -0.2) is 54.7 Å². The lowest BCUT2D eigenvalue weighted by Crippen LogP contribution is -2.46. The first-order valence-electron chi connectivity index (χ1n) is 9.12. The molecule has 0 bridgehead atoms. The van der Waals surface area contributed by atoms with E-state index in [1.54, 1.807) is 31.1 Å². The Labute approximate surface area is 171 Å². The third kappa shape index (κ3) is 5.01. The fourth-order valence-corrected chi connectivity index (χ4v) is 2.92. The Kier molecular flexibility index (Phi) is 7.01. The van der Waals surface area contributed by atoms with Gasteiger partial charge in [-0.05, 0) is 42.8 Å². The van der Waals surface area contributed by atoms with E-state index < -0.39 is 6.04 Å². The van der Waals surface area contributed by atoms with Crippen molar-refractivity contribution in [1.82, 2.24) is 15.1 Å². The molecule has 1 heterocycles. The van der Waals surface area contributed by atoms with Gasteiger partial charge in [0.2, 0.25) is 0 Å². The van der Waals surface area contributed by atoms with Crippen molar-refractivity contribution in [1.29, 1.82) is 0 Å². The second-order valence-electron chi connectivity index (χ2n) is 7.38. The number of thiocarbonyl (C=S) groups is 1. The maximum Gasteiger partial charge on any atom is 0.338 e. The lowest BCUT2D eigenvalue weighted by molar-refractivity contribution is -0.140. The molecule has 0 aromatic heterocycles. The van der Waals surface area contributed by atoms with Crippen molar-refractivity contribution in [3.05, 3.63) is 41.1 Å². The number of nitrogens with zero attached hydrogens (tertiary/aromatic N) is 2. The predicted molar refractivity (Wildman–Crippen MR) is 114 cm³/mol. The molecule has 1 aliphatic rings. The zero-order chi connectivity index (χ0) is 21.0. The summed E-state index contributed by atoms with van der Waals surface area (Å²) in [6.07, 6.45) is 0. The quantitative estimate of drug-likeness (QED) is 0.580. The number of nitrogens with one attached hydrogen (secondary N) is 2. The number of carbonyl (C=O) groups is 2. The highest BCUT2D eigenvalue weighted by Crippen LogP contribution is 2.31. The van der Waals surface area contributed by atoms with Gasteiger partial charge in [-0.1, -0.05) is 26.0 Å². The van der Waals surface area contributed by atoms with Crippen molar-refractivity contribution in [2.24, 2.45) is 5.92 Å². The zero-order valence-electron chi connectivity index (χ0n) is 17.2. The number of urea groups is 1. The molecule has 0 saturated heterocycles. The highest BCUT2D eigenvalue weighted by Gasteiger charge is 2.33. The van der Waals surface area contributed by atoms with Crippen LogP contribution in [0.3, 0.4) is 0 Å². The maximum absolute atomic E-state index is 12.8. The number of hydrogen-bond donors (Lipinski definition) is 2. The molecule has 1 aliphatic heterocycles. The van der Waals surface area contributed by atoms with E-state index in [0.717, 1.165) is 11.3 Å². The van der Waals surface area contributed by atoms with Gasteiger partial charge in [-0.2, -0.15) is 0 Å². The minimum absolute atomic E-state index is 0.208. The van der Waals surface area contributed by atoms with Crippen molar-refractivity contribution in [3.8, 4) is 0 Å². The molecule has 2 rings (SSSR count). The summed E-state index contributed by atoms with van der Waals surface area (Å²) in [4.78, 5) is 27.8. The SMILES string of the molecule is CC1=C(C(=O)OCC(C)C)[C@@H](c2ccc(NC(=O)N(C)C)cc2)NC(=S)N1C. The molecule has 0 saturated carbocycles. The molecule has 0 aliphatic carbocycles. The summed E-state index contributed by atoms with van der Waals surface area (Å²) in [6.45, 7) is 6.20. The third-order valence-electron chi connectivity index (χ3n) is 4.42. The molecule has 0 fully saturated rings. The zero-order valence-corrected chi connectivity index (χ0v) is 18.0. The Balaban J connectivity index is 2.31. The Morgan fingerprint density at radius 1 is 1.29 bits per heavy atom. The molecule has 2 N–H and O–H groups in total. The summed E-state index contributed by atoms with van der Waals surface area (Å²) >= 11 is 5.41. The minimum atomic E-state index is -0.415.